The lowest BCUT2D eigenvalue weighted by atomic mass is 10.0. The number of hydroxylamine groups is 2. The molecule has 1 atom stereocenters. The van der Waals surface area contributed by atoms with E-state index in [-0.39, 0.29) is 11.8 Å². The molecule has 1 amide bonds. The number of carboxylic acids is 1. The lowest BCUT2D eigenvalue weighted by molar-refractivity contribution is -0.186. The molecule has 0 saturated heterocycles. The maximum atomic E-state index is 12.5. The number of nitrogens with zero attached hydrogens (tertiary/aromatic N) is 1. The zero-order chi connectivity index (χ0) is 27.6. The summed E-state index contributed by atoms with van der Waals surface area (Å²) in [4.78, 5) is 29.1. The van der Waals surface area contributed by atoms with E-state index < -0.39 is 12.6 Å². The minimum absolute atomic E-state index is 0.0668. The van der Waals surface area contributed by atoms with E-state index in [1.807, 2.05) is 36.4 Å². The van der Waals surface area contributed by atoms with E-state index in [2.05, 4.69) is 19.2 Å². The minimum atomic E-state index is -1.02. The first-order valence-electron chi connectivity index (χ1n) is 14.1. The van der Waals surface area contributed by atoms with E-state index in [0.717, 1.165) is 24.0 Å². The highest BCUT2D eigenvalue weighted by molar-refractivity contribution is 6.30. The van der Waals surface area contributed by atoms with Crippen LogP contribution in [0.1, 0.15) is 105 Å². The molecule has 0 radical (unpaired) electrons. The molecule has 7 heteroatoms. The summed E-state index contributed by atoms with van der Waals surface area (Å²) in [7, 11) is 0. The van der Waals surface area contributed by atoms with Crippen LogP contribution in [0, 0.1) is 0 Å². The van der Waals surface area contributed by atoms with Gasteiger partial charge in [0.25, 0.3) is 5.91 Å². The van der Waals surface area contributed by atoms with Gasteiger partial charge in [0.05, 0.1) is 0 Å². The molecular formula is C31H45ClN2O4. The SMILES string of the molecule is CCCCCCCCCCCCNC(=O)c1ccc(CN(CC(C)c2ccc(Cl)cc2)OCC(=O)O)cc1. The lowest BCUT2D eigenvalue weighted by Gasteiger charge is -2.25. The molecule has 2 rings (SSSR count). The number of aliphatic carboxylic acids is 1. The molecule has 0 spiro atoms. The molecule has 0 saturated carbocycles. The first-order chi connectivity index (χ1) is 18.4. The summed E-state index contributed by atoms with van der Waals surface area (Å²) in [6.45, 7) is 5.50. The third-order valence-electron chi connectivity index (χ3n) is 6.68. The first-order valence-corrected chi connectivity index (χ1v) is 14.5. The molecule has 6 nitrogen and oxygen atoms in total. The number of rotatable bonds is 20. The second-order valence-corrected chi connectivity index (χ2v) is 10.5. The van der Waals surface area contributed by atoms with Crippen LogP contribution in [0.4, 0.5) is 0 Å². The second-order valence-electron chi connectivity index (χ2n) is 10.1. The van der Waals surface area contributed by atoms with E-state index in [1.165, 1.54) is 51.4 Å². The van der Waals surface area contributed by atoms with Gasteiger partial charge in [-0.3, -0.25) is 9.63 Å². The van der Waals surface area contributed by atoms with Crippen LogP contribution >= 0.6 is 11.6 Å². The van der Waals surface area contributed by atoms with Crippen LogP contribution in [0.15, 0.2) is 48.5 Å². The number of hydrogen-bond acceptors (Lipinski definition) is 4. The third kappa shape index (κ3) is 13.4. The summed E-state index contributed by atoms with van der Waals surface area (Å²) in [5.74, 6) is -0.983. The smallest absolute Gasteiger partial charge is 0.331 e. The molecule has 0 fully saturated rings. The van der Waals surface area contributed by atoms with Crippen molar-refractivity contribution in [2.75, 3.05) is 19.7 Å². The Kier molecular flexibility index (Phi) is 15.7. The number of hydrogen-bond donors (Lipinski definition) is 2. The molecule has 0 aromatic heterocycles. The molecule has 2 aromatic carbocycles. The molecule has 38 heavy (non-hydrogen) atoms. The fraction of sp³-hybridized carbons (Fsp3) is 0.548. The average molecular weight is 545 g/mol. The zero-order valence-electron chi connectivity index (χ0n) is 23.1. The number of amides is 1. The van der Waals surface area contributed by atoms with Crippen LogP contribution in [-0.2, 0) is 16.2 Å². The average Bonchev–Trinajstić information content (AvgIpc) is 2.91. The Labute approximate surface area is 233 Å². The molecule has 2 aromatic rings. The van der Waals surface area contributed by atoms with Crippen molar-refractivity contribution in [1.82, 2.24) is 10.4 Å². The van der Waals surface area contributed by atoms with E-state index >= 15 is 0 Å². The first kappa shape index (κ1) is 31.8. The molecule has 0 aliphatic rings. The quantitative estimate of drug-likeness (QED) is 0.132. The van der Waals surface area contributed by atoms with E-state index in [9.17, 15) is 9.59 Å². The van der Waals surface area contributed by atoms with Gasteiger partial charge in [-0.25, -0.2) is 4.79 Å². The van der Waals surface area contributed by atoms with Crippen LogP contribution in [-0.4, -0.2) is 41.7 Å². The van der Waals surface area contributed by atoms with Gasteiger partial charge < -0.3 is 10.4 Å². The van der Waals surface area contributed by atoms with Crippen molar-refractivity contribution in [3.05, 3.63) is 70.2 Å². The number of benzene rings is 2. The second kappa shape index (κ2) is 18.8. The lowest BCUT2D eigenvalue weighted by Crippen LogP contribution is -2.30. The number of halogens is 1. The summed E-state index contributed by atoms with van der Waals surface area (Å²) in [6, 6.07) is 15.0. The van der Waals surface area contributed by atoms with Gasteiger partial charge in [0.1, 0.15) is 0 Å². The predicted octanol–water partition coefficient (Wildman–Crippen LogP) is 7.61. The Bertz CT molecular complexity index is 934. The summed E-state index contributed by atoms with van der Waals surface area (Å²) in [6.07, 6.45) is 12.7. The van der Waals surface area contributed by atoms with Crippen LogP contribution in [0.5, 0.6) is 0 Å². The van der Waals surface area contributed by atoms with Gasteiger partial charge in [-0.2, -0.15) is 5.06 Å². The van der Waals surface area contributed by atoms with Crippen LogP contribution in [0.3, 0.4) is 0 Å². The Morgan fingerprint density at radius 1 is 0.895 bits per heavy atom. The van der Waals surface area contributed by atoms with Crippen molar-refractivity contribution in [2.24, 2.45) is 0 Å². The molecule has 0 bridgehead atoms. The summed E-state index contributed by atoms with van der Waals surface area (Å²) in [5.41, 5.74) is 2.64. The Hall–Kier alpha value is -2.41. The maximum Gasteiger partial charge on any atom is 0.331 e. The van der Waals surface area contributed by atoms with Gasteiger partial charge in [-0.05, 0) is 47.7 Å². The van der Waals surface area contributed by atoms with Gasteiger partial charge >= 0.3 is 5.97 Å². The number of carbonyl (C=O) groups excluding carboxylic acids is 1. The fourth-order valence-corrected chi connectivity index (χ4v) is 4.52. The van der Waals surface area contributed by atoms with Gasteiger partial charge in [-0.15, -0.1) is 0 Å². The predicted molar refractivity (Wildman–Crippen MR) is 154 cm³/mol. The van der Waals surface area contributed by atoms with Crippen LogP contribution in [0.25, 0.3) is 0 Å². The largest absolute Gasteiger partial charge is 0.479 e. The van der Waals surface area contributed by atoms with Gasteiger partial charge in [0, 0.05) is 30.2 Å². The molecule has 0 heterocycles. The van der Waals surface area contributed by atoms with E-state index in [4.69, 9.17) is 21.5 Å². The number of carbonyl (C=O) groups is 2. The number of carboxylic acid groups (broad SMARTS) is 1. The molecule has 0 aliphatic carbocycles. The zero-order valence-corrected chi connectivity index (χ0v) is 23.8. The maximum absolute atomic E-state index is 12.5. The van der Waals surface area contributed by atoms with Crippen LogP contribution < -0.4 is 5.32 Å². The normalized spacial score (nSPS) is 12.0. The molecule has 210 valence electrons. The summed E-state index contributed by atoms with van der Waals surface area (Å²) < 4.78 is 0. The van der Waals surface area contributed by atoms with Crippen molar-refractivity contribution in [3.63, 3.8) is 0 Å². The standard InChI is InChI=1S/C31H45ClN2O4/c1-3-4-5-6-7-8-9-10-11-12-21-33-31(37)28-15-13-26(14-16-28)23-34(38-24-30(35)36)22-25(2)27-17-19-29(32)20-18-27/h13-20,25H,3-12,21-24H2,1-2H3,(H,33,37)(H,35,36). The number of unbranched alkanes of at least 4 members (excludes halogenated alkanes) is 9. The van der Waals surface area contributed by atoms with Gasteiger partial charge in [0.2, 0.25) is 0 Å². The van der Waals surface area contributed by atoms with Crippen molar-refractivity contribution >= 4 is 23.5 Å². The van der Waals surface area contributed by atoms with Crippen LogP contribution in [0.2, 0.25) is 5.02 Å². The third-order valence-corrected chi connectivity index (χ3v) is 6.93. The highest BCUT2D eigenvalue weighted by Crippen LogP contribution is 2.20. The Balaban J connectivity index is 1.74. The van der Waals surface area contributed by atoms with Gasteiger partial charge in [0.15, 0.2) is 6.61 Å². The van der Waals surface area contributed by atoms with Gasteiger partial charge in [-0.1, -0.05) is 108 Å². The van der Waals surface area contributed by atoms with E-state index in [0.29, 0.717) is 30.2 Å². The monoisotopic (exact) mass is 544 g/mol. The topological polar surface area (TPSA) is 78.9 Å². The van der Waals surface area contributed by atoms with E-state index in [1.54, 1.807) is 17.2 Å². The number of nitrogens with one attached hydrogen (secondary N) is 1. The van der Waals surface area contributed by atoms with Crippen molar-refractivity contribution in [2.45, 2.75) is 90.5 Å². The Morgan fingerprint density at radius 2 is 1.47 bits per heavy atom. The highest BCUT2D eigenvalue weighted by atomic mass is 35.5. The van der Waals surface area contributed by atoms with Crippen molar-refractivity contribution < 1.29 is 19.5 Å². The minimum Gasteiger partial charge on any atom is -0.479 e. The molecule has 1 unspecified atom stereocenters. The summed E-state index contributed by atoms with van der Waals surface area (Å²) in [5, 5.41) is 14.4. The Morgan fingerprint density at radius 3 is 2.05 bits per heavy atom. The fourth-order valence-electron chi connectivity index (χ4n) is 4.39. The summed E-state index contributed by atoms with van der Waals surface area (Å²) >= 11 is 6.00. The highest BCUT2D eigenvalue weighted by Gasteiger charge is 2.15. The van der Waals surface area contributed by atoms with Crippen molar-refractivity contribution in [1.29, 1.82) is 0 Å². The molecule has 0 aliphatic heterocycles. The molecule has 2 N–H and O–H groups in total. The van der Waals surface area contributed by atoms with Crippen molar-refractivity contribution in [3.8, 4) is 0 Å². The molecular weight excluding hydrogens is 500 g/mol.